The van der Waals surface area contributed by atoms with Gasteiger partial charge in [-0.3, -0.25) is 4.79 Å². The molecule has 0 radical (unpaired) electrons. The molecule has 3 nitrogen and oxygen atoms in total. The molecule has 88 valence electrons. The monoisotopic (exact) mass is 233 g/mol. The SMILES string of the molecule is COC(=O)C(C)c1cccc(C(F)(F)F)n1. The van der Waals surface area contributed by atoms with Gasteiger partial charge >= 0.3 is 12.1 Å². The van der Waals surface area contributed by atoms with E-state index in [4.69, 9.17) is 0 Å². The van der Waals surface area contributed by atoms with E-state index < -0.39 is 23.8 Å². The molecule has 1 heterocycles. The molecule has 0 spiro atoms. The van der Waals surface area contributed by atoms with Crippen LogP contribution in [0.2, 0.25) is 0 Å². The molecule has 0 saturated carbocycles. The molecular formula is C10H10F3NO2. The summed E-state index contributed by atoms with van der Waals surface area (Å²) in [7, 11) is 1.17. The maximum Gasteiger partial charge on any atom is 0.433 e. The highest BCUT2D eigenvalue weighted by Gasteiger charge is 2.33. The average molecular weight is 233 g/mol. The molecule has 0 fully saturated rings. The third-order valence-electron chi connectivity index (χ3n) is 2.06. The van der Waals surface area contributed by atoms with Crippen LogP contribution in [0.4, 0.5) is 13.2 Å². The molecule has 0 N–H and O–H groups in total. The largest absolute Gasteiger partial charge is 0.469 e. The molecule has 0 amide bonds. The first-order valence-corrected chi connectivity index (χ1v) is 4.48. The molecule has 0 saturated heterocycles. The van der Waals surface area contributed by atoms with Crippen molar-refractivity contribution in [3.8, 4) is 0 Å². The lowest BCUT2D eigenvalue weighted by molar-refractivity contribution is -0.144. The number of halogens is 3. The van der Waals surface area contributed by atoms with Crippen molar-refractivity contribution in [3.05, 3.63) is 29.6 Å². The number of carbonyl (C=O) groups excluding carboxylic acids is 1. The van der Waals surface area contributed by atoms with Crippen molar-refractivity contribution in [1.82, 2.24) is 4.98 Å². The Morgan fingerprint density at radius 2 is 2.06 bits per heavy atom. The maximum absolute atomic E-state index is 12.3. The zero-order valence-corrected chi connectivity index (χ0v) is 8.71. The van der Waals surface area contributed by atoms with Gasteiger partial charge in [0.1, 0.15) is 5.69 Å². The molecule has 16 heavy (non-hydrogen) atoms. The summed E-state index contributed by atoms with van der Waals surface area (Å²) < 4.78 is 41.4. The lowest BCUT2D eigenvalue weighted by Crippen LogP contribution is -2.15. The van der Waals surface area contributed by atoms with Crippen LogP contribution >= 0.6 is 0 Å². The summed E-state index contributed by atoms with van der Waals surface area (Å²) in [4.78, 5) is 14.5. The van der Waals surface area contributed by atoms with Gasteiger partial charge in [0.15, 0.2) is 0 Å². The van der Waals surface area contributed by atoms with Crippen LogP contribution in [0.5, 0.6) is 0 Å². The number of aromatic nitrogens is 1. The second-order valence-electron chi connectivity index (χ2n) is 3.19. The van der Waals surface area contributed by atoms with Crippen molar-refractivity contribution in [2.24, 2.45) is 0 Å². The minimum absolute atomic E-state index is 0.0432. The molecular weight excluding hydrogens is 223 g/mol. The van der Waals surface area contributed by atoms with Crippen molar-refractivity contribution in [1.29, 1.82) is 0 Å². The summed E-state index contributed by atoms with van der Waals surface area (Å²) in [6.07, 6.45) is -4.51. The van der Waals surface area contributed by atoms with E-state index in [0.29, 0.717) is 0 Å². The molecule has 0 bridgehead atoms. The molecule has 1 atom stereocenters. The minimum atomic E-state index is -4.51. The van der Waals surface area contributed by atoms with Crippen molar-refractivity contribution >= 4 is 5.97 Å². The van der Waals surface area contributed by atoms with Gasteiger partial charge in [-0.15, -0.1) is 0 Å². The zero-order chi connectivity index (χ0) is 12.3. The summed E-state index contributed by atoms with van der Waals surface area (Å²) in [6.45, 7) is 1.44. The minimum Gasteiger partial charge on any atom is -0.469 e. The summed E-state index contributed by atoms with van der Waals surface area (Å²) >= 11 is 0. The number of nitrogens with zero attached hydrogens (tertiary/aromatic N) is 1. The summed E-state index contributed by atoms with van der Waals surface area (Å²) in [5, 5.41) is 0. The second kappa shape index (κ2) is 4.51. The van der Waals surface area contributed by atoms with E-state index >= 15 is 0 Å². The third-order valence-corrected chi connectivity index (χ3v) is 2.06. The summed E-state index contributed by atoms with van der Waals surface area (Å²) in [6, 6.07) is 3.43. The molecule has 1 unspecified atom stereocenters. The normalized spacial score (nSPS) is 13.3. The second-order valence-corrected chi connectivity index (χ2v) is 3.19. The van der Waals surface area contributed by atoms with Crippen molar-refractivity contribution in [2.75, 3.05) is 7.11 Å². The highest BCUT2D eigenvalue weighted by atomic mass is 19.4. The first-order valence-electron chi connectivity index (χ1n) is 4.48. The molecule has 1 aromatic rings. The zero-order valence-electron chi connectivity index (χ0n) is 8.71. The van der Waals surface area contributed by atoms with Gasteiger partial charge < -0.3 is 4.74 Å². The number of hydrogen-bond acceptors (Lipinski definition) is 3. The van der Waals surface area contributed by atoms with Crippen LogP contribution in [0.15, 0.2) is 18.2 Å². The topological polar surface area (TPSA) is 39.2 Å². The lowest BCUT2D eigenvalue weighted by atomic mass is 10.1. The number of esters is 1. The third kappa shape index (κ3) is 2.71. The van der Waals surface area contributed by atoms with E-state index in [2.05, 4.69) is 9.72 Å². The van der Waals surface area contributed by atoms with Crippen LogP contribution in [0, 0.1) is 0 Å². The Hall–Kier alpha value is -1.59. The number of alkyl halides is 3. The van der Waals surface area contributed by atoms with E-state index in [0.717, 1.165) is 6.07 Å². The van der Waals surface area contributed by atoms with Crippen LogP contribution in [0.25, 0.3) is 0 Å². The smallest absolute Gasteiger partial charge is 0.433 e. The fourth-order valence-corrected chi connectivity index (χ4v) is 1.15. The van der Waals surface area contributed by atoms with Gasteiger partial charge in [-0.2, -0.15) is 13.2 Å². The highest BCUT2D eigenvalue weighted by molar-refractivity contribution is 5.76. The van der Waals surface area contributed by atoms with Crippen molar-refractivity contribution in [2.45, 2.75) is 19.0 Å². The number of pyridine rings is 1. The van der Waals surface area contributed by atoms with E-state index in [1.54, 1.807) is 0 Å². The average Bonchev–Trinajstić information content (AvgIpc) is 2.26. The molecule has 0 aliphatic carbocycles. The molecule has 1 aromatic heterocycles. The van der Waals surface area contributed by atoms with E-state index in [9.17, 15) is 18.0 Å². The molecule has 0 aromatic carbocycles. The Kier molecular flexibility index (Phi) is 3.51. The van der Waals surface area contributed by atoms with Gasteiger partial charge in [0.2, 0.25) is 0 Å². The van der Waals surface area contributed by atoms with Crippen LogP contribution < -0.4 is 0 Å². The number of methoxy groups -OCH3 is 1. The molecule has 0 aliphatic rings. The molecule has 1 rings (SSSR count). The standard InChI is InChI=1S/C10H10F3NO2/c1-6(9(15)16-2)7-4-3-5-8(14-7)10(11,12)13/h3-6H,1-2H3. The van der Waals surface area contributed by atoms with Crippen LogP contribution in [0.1, 0.15) is 24.2 Å². The summed E-state index contributed by atoms with van der Waals surface area (Å²) in [5.74, 6) is -1.43. The molecule has 6 heteroatoms. The number of ether oxygens (including phenoxy) is 1. The van der Waals surface area contributed by atoms with Crippen LogP contribution in [0.3, 0.4) is 0 Å². The van der Waals surface area contributed by atoms with Crippen LogP contribution in [-0.4, -0.2) is 18.1 Å². The van der Waals surface area contributed by atoms with Gasteiger partial charge in [0.25, 0.3) is 0 Å². The highest BCUT2D eigenvalue weighted by Crippen LogP contribution is 2.28. The Labute approximate surface area is 90.2 Å². The van der Waals surface area contributed by atoms with Gasteiger partial charge in [0.05, 0.1) is 18.7 Å². The maximum atomic E-state index is 12.3. The molecule has 0 aliphatic heterocycles. The fraction of sp³-hybridized carbons (Fsp3) is 0.400. The quantitative estimate of drug-likeness (QED) is 0.736. The summed E-state index contributed by atoms with van der Waals surface area (Å²) in [5.41, 5.74) is -0.970. The predicted octanol–water partition coefficient (Wildman–Crippen LogP) is 2.38. The van der Waals surface area contributed by atoms with E-state index in [1.807, 2.05) is 0 Å². The first kappa shape index (κ1) is 12.5. The number of carbonyl (C=O) groups is 1. The van der Waals surface area contributed by atoms with Crippen LogP contribution in [-0.2, 0) is 15.7 Å². The van der Waals surface area contributed by atoms with Gasteiger partial charge in [-0.1, -0.05) is 6.07 Å². The Morgan fingerprint density at radius 1 is 1.44 bits per heavy atom. The Bertz CT molecular complexity index is 390. The lowest BCUT2D eigenvalue weighted by Gasteiger charge is -2.11. The number of rotatable bonds is 2. The van der Waals surface area contributed by atoms with Gasteiger partial charge in [-0.05, 0) is 19.1 Å². The first-order chi connectivity index (χ1) is 7.36. The fourth-order valence-electron chi connectivity index (χ4n) is 1.15. The van der Waals surface area contributed by atoms with E-state index in [-0.39, 0.29) is 5.69 Å². The Balaban J connectivity index is 3.04. The number of hydrogen-bond donors (Lipinski definition) is 0. The van der Waals surface area contributed by atoms with Gasteiger partial charge in [0, 0.05) is 0 Å². The Morgan fingerprint density at radius 3 is 2.56 bits per heavy atom. The van der Waals surface area contributed by atoms with Gasteiger partial charge in [-0.25, -0.2) is 4.98 Å². The predicted molar refractivity (Wildman–Crippen MR) is 49.7 cm³/mol. The van der Waals surface area contributed by atoms with Crippen molar-refractivity contribution in [3.63, 3.8) is 0 Å². The van der Waals surface area contributed by atoms with Crippen molar-refractivity contribution < 1.29 is 22.7 Å². The van der Waals surface area contributed by atoms with E-state index in [1.165, 1.54) is 26.2 Å².